The first kappa shape index (κ1) is 19.8. The third-order valence-electron chi connectivity index (χ3n) is 5.78. The third-order valence-corrected chi connectivity index (χ3v) is 5.78. The van der Waals surface area contributed by atoms with E-state index in [0.29, 0.717) is 5.69 Å². The molecule has 1 aliphatic rings. The van der Waals surface area contributed by atoms with Crippen molar-refractivity contribution < 1.29 is 14.3 Å². The van der Waals surface area contributed by atoms with Gasteiger partial charge in [-0.05, 0) is 16.7 Å². The minimum atomic E-state index is -0.731. The van der Waals surface area contributed by atoms with Crippen LogP contribution >= 0.6 is 0 Å². The van der Waals surface area contributed by atoms with Crippen LogP contribution in [0.4, 0.5) is 4.79 Å². The second-order valence-corrected chi connectivity index (χ2v) is 7.69. The molecular weight excluding hydrogens is 402 g/mol. The molecule has 1 unspecified atom stereocenters. The van der Waals surface area contributed by atoms with Gasteiger partial charge in [-0.15, -0.1) is 0 Å². The van der Waals surface area contributed by atoms with Crippen LogP contribution in [0.25, 0.3) is 0 Å². The minimum absolute atomic E-state index is 0.256. The Hall–Kier alpha value is -4.19. The van der Waals surface area contributed by atoms with Crippen LogP contribution in [-0.2, 0) is 21.5 Å². The highest BCUT2D eigenvalue weighted by Crippen LogP contribution is 2.40. The van der Waals surface area contributed by atoms with Crippen molar-refractivity contribution in [1.29, 1.82) is 0 Å². The Morgan fingerprint density at radius 3 is 1.75 bits per heavy atom. The van der Waals surface area contributed by atoms with Crippen LogP contribution in [0.15, 0.2) is 104 Å². The Labute approximate surface area is 185 Å². The summed E-state index contributed by atoms with van der Waals surface area (Å²) in [7, 11) is 0. The number of cyclic esters (lactones) is 2. The molecule has 3 aromatic carbocycles. The summed E-state index contributed by atoms with van der Waals surface area (Å²) in [6, 6.07) is 30.0. The Morgan fingerprint density at radius 2 is 1.31 bits per heavy atom. The molecule has 4 aromatic rings. The lowest BCUT2D eigenvalue weighted by Crippen LogP contribution is -2.37. The van der Waals surface area contributed by atoms with E-state index < -0.39 is 23.6 Å². The summed E-state index contributed by atoms with van der Waals surface area (Å²) in [6.45, 7) is 0. The van der Waals surface area contributed by atoms with Gasteiger partial charge in [0.2, 0.25) is 0 Å². The second kappa shape index (κ2) is 8.15. The number of ether oxygens (including phenoxy) is 1. The number of carbonyl (C=O) groups is 2. The SMILES string of the molecule is O=C1NC(Cc2cn(C(c3ccccc3)(c3ccccc3)c3ccccc3)cn2)C(=O)O1. The molecule has 6 nitrogen and oxygen atoms in total. The average molecular weight is 423 g/mol. The van der Waals surface area contributed by atoms with E-state index in [2.05, 4.69) is 56.0 Å². The number of imidazole rings is 1. The summed E-state index contributed by atoms with van der Waals surface area (Å²) < 4.78 is 6.68. The molecule has 1 fully saturated rings. The zero-order valence-electron chi connectivity index (χ0n) is 17.2. The molecule has 0 bridgehead atoms. The van der Waals surface area contributed by atoms with Gasteiger partial charge >= 0.3 is 12.1 Å². The van der Waals surface area contributed by atoms with Crippen molar-refractivity contribution in [3.05, 3.63) is 126 Å². The number of hydrogen-bond acceptors (Lipinski definition) is 4. The van der Waals surface area contributed by atoms with Crippen molar-refractivity contribution in [2.24, 2.45) is 0 Å². The van der Waals surface area contributed by atoms with E-state index in [1.807, 2.05) is 60.8 Å². The monoisotopic (exact) mass is 423 g/mol. The lowest BCUT2D eigenvalue weighted by atomic mass is 9.77. The maximum absolute atomic E-state index is 11.9. The second-order valence-electron chi connectivity index (χ2n) is 7.69. The molecule has 1 aromatic heterocycles. The number of alkyl carbamates (subject to hydrolysis) is 1. The van der Waals surface area contributed by atoms with Crippen LogP contribution in [0, 0.1) is 0 Å². The Morgan fingerprint density at radius 1 is 0.812 bits per heavy atom. The van der Waals surface area contributed by atoms with Crippen LogP contribution in [-0.4, -0.2) is 27.7 Å². The number of benzene rings is 3. The van der Waals surface area contributed by atoms with Crippen LogP contribution in [0.5, 0.6) is 0 Å². The summed E-state index contributed by atoms with van der Waals surface area (Å²) in [5.41, 5.74) is 3.25. The lowest BCUT2D eigenvalue weighted by Gasteiger charge is -2.37. The molecule has 0 radical (unpaired) electrons. The van der Waals surface area contributed by atoms with Gasteiger partial charge in [-0.1, -0.05) is 91.0 Å². The molecule has 1 aliphatic heterocycles. The summed E-state index contributed by atoms with van der Waals surface area (Å²) in [5, 5.41) is 2.54. The summed E-state index contributed by atoms with van der Waals surface area (Å²) in [5.74, 6) is -0.579. The average Bonchev–Trinajstić information content (AvgIpc) is 3.42. The molecular formula is C26H21N3O3. The van der Waals surface area contributed by atoms with E-state index >= 15 is 0 Å². The van der Waals surface area contributed by atoms with Crippen molar-refractivity contribution in [1.82, 2.24) is 14.9 Å². The van der Waals surface area contributed by atoms with Crippen molar-refractivity contribution in [2.75, 3.05) is 0 Å². The smallest absolute Gasteiger partial charge is 0.375 e. The summed E-state index contributed by atoms with van der Waals surface area (Å²) >= 11 is 0. The van der Waals surface area contributed by atoms with Gasteiger partial charge in [0.1, 0.15) is 11.6 Å². The standard InChI is InChI=1S/C26H21N3O3/c30-24-23(28-25(31)32-24)16-22-17-29(18-27-22)26(19-10-4-1-5-11-19,20-12-6-2-7-13-20)21-14-8-3-9-15-21/h1-15,17-18,23H,16H2,(H,28,31). The lowest BCUT2D eigenvalue weighted by molar-refractivity contribution is -0.135. The van der Waals surface area contributed by atoms with E-state index in [4.69, 9.17) is 0 Å². The topological polar surface area (TPSA) is 73.2 Å². The number of hydrogen-bond donors (Lipinski definition) is 1. The van der Waals surface area contributed by atoms with Crippen LogP contribution < -0.4 is 5.32 Å². The third kappa shape index (κ3) is 3.36. The predicted molar refractivity (Wildman–Crippen MR) is 119 cm³/mol. The van der Waals surface area contributed by atoms with E-state index in [-0.39, 0.29) is 6.42 Å². The zero-order chi connectivity index (χ0) is 22.0. The largest absolute Gasteiger partial charge is 0.415 e. The van der Waals surface area contributed by atoms with Gasteiger partial charge in [-0.2, -0.15) is 0 Å². The fourth-order valence-corrected chi connectivity index (χ4v) is 4.37. The van der Waals surface area contributed by atoms with Crippen LogP contribution in [0.3, 0.4) is 0 Å². The van der Waals surface area contributed by atoms with Crippen molar-refractivity contribution in [2.45, 2.75) is 18.0 Å². The number of nitrogens with zero attached hydrogens (tertiary/aromatic N) is 2. The molecule has 0 saturated carbocycles. The van der Waals surface area contributed by atoms with Crippen molar-refractivity contribution >= 4 is 12.1 Å². The maximum atomic E-state index is 11.9. The van der Waals surface area contributed by atoms with Crippen LogP contribution in [0.1, 0.15) is 22.4 Å². The maximum Gasteiger partial charge on any atom is 0.415 e. The highest BCUT2D eigenvalue weighted by molar-refractivity contribution is 5.95. The predicted octanol–water partition coefficient (Wildman–Crippen LogP) is 3.90. The molecule has 1 N–H and O–H groups in total. The summed E-state index contributed by atoms with van der Waals surface area (Å²) in [4.78, 5) is 27.9. The van der Waals surface area contributed by atoms with Gasteiger partial charge in [0.25, 0.3) is 0 Å². The molecule has 6 heteroatoms. The Balaban J connectivity index is 1.68. The number of carbonyl (C=O) groups excluding carboxylic acids is 2. The molecule has 0 spiro atoms. The highest BCUT2D eigenvalue weighted by atomic mass is 16.6. The molecule has 1 atom stereocenters. The number of amides is 1. The first-order valence-electron chi connectivity index (χ1n) is 10.4. The Kier molecular flexibility index (Phi) is 5.03. The zero-order valence-corrected chi connectivity index (χ0v) is 17.2. The summed E-state index contributed by atoms with van der Waals surface area (Å²) in [6.07, 6.45) is 3.26. The van der Waals surface area contributed by atoms with Crippen molar-refractivity contribution in [3.8, 4) is 0 Å². The highest BCUT2D eigenvalue weighted by Gasteiger charge is 2.39. The first-order chi connectivity index (χ1) is 15.7. The molecule has 5 rings (SSSR count). The van der Waals surface area contributed by atoms with Gasteiger partial charge in [0.15, 0.2) is 0 Å². The van der Waals surface area contributed by atoms with Crippen molar-refractivity contribution in [3.63, 3.8) is 0 Å². The van der Waals surface area contributed by atoms with E-state index in [1.165, 1.54) is 0 Å². The normalized spacial score (nSPS) is 15.9. The Bertz CT molecular complexity index is 1140. The van der Waals surface area contributed by atoms with Gasteiger partial charge in [-0.25, -0.2) is 14.6 Å². The first-order valence-corrected chi connectivity index (χ1v) is 10.4. The van der Waals surface area contributed by atoms with E-state index in [1.54, 1.807) is 6.33 Å². The number of rotatable bonds is 6. The number of nitrogens with one attached hydrogen (secondary N) is 1. The molecule has 32 heavy (non-hydrogen) atoms. The van der Waals surface area contributed by atoms with Gasteiger partial charge < -0.3 is 14.6 Å². The molecule has 0 aliphatic carbocycles. The quantitative estimate of drug-likeness (QED) is 0.290. The van der Waals surface area contributed by atoms with Gasteiger partial charge in [-0.3, -0.25) is 0 Å². The van der Waals surface area contributed by atoms with E-state index in [9.17, 15) is 9.59 Å². The fourth-order valence-electron chi connectivity index (χ4n) is 4.37. The van der Waals surface area contributed by atoms with E-state index in [0.717, 1.165) is 16.7 Å². The van der Waals surface area contributed by atoms with Gasteiger partial charge in [0.05, 0.1) is 12.0 Å². The molecule has 1 amide bonds. The fraction of sp³-hybridized carbons (Fsp3) is 0.115. The molecule has 158 valence electrons. The number of esters is 1. The molecule has 1 saturated heterocycles. The van der Waals surface area contributed by atoms with Gasteiger partial charge in [0, 0.05) is 12.6 Å². The molecule has 2 heterocycles. The minimum Gasteiger partial charge on any atom is -0.375 e. The van der Waals surface area contributed by atoms with Crippen LogP contribution in [0.2, 0.25) is 0 Å². The number of aromatic nitrogens is 2.